The number of carbonyl (C=O) groups is 4. The summed E-state index contributed by atoms with van der Waals surface area (Å²) in [5, 5.41) is 4.26. The van der Waals surface area contributed by atoms with Gasteiger partial charge in [0.2, 0.25) is 0 Å². The highest BCUT2D eigenvalue weighted by molar-refractivity contribution is 6.32. The van der Waals surface area contributed by atoms with E-state index in [1.165, 1.54) is 30.3 Å². The molecular weight excluding hydrogens is 425 g/mol. The van der Waals surface area contributed by atoms with Crippen molar-refractivity contribution in [2.45, 2.75) is 6.18 Å². The zero-order valence-electron chi connectivity index (χ0n) is 16.1. The summed E-state index contributed by atoms with van der Waals surface area (Å²) < 4.78 is 38.1. The molecule has 9 heteroatoms. The highest BCUT2D eigenvalue weighted by Crippen LogP contribution is 2.36. The van der Waals surface area contributed by atoms with E-state index >= 15 is 0 Å². The van der Waals surface area contributed by atoms with Crippen molar-refractivity contribution >= 4 is 34.8 Å². The number of rotatable bonds is 3. The van der Waals surface area contributed by atoms with Crippen molar-refractivity contribution in [1.82, 2.24) is 0 Å². The van der Waals surface area contributed by atoms with Crippen molar-refractivity contribution < 1.29 is 32.3 Å². The van der Waals surface area contributed by atoms with Crippen LogP contribution in [0.15, 0.2) is 66.7 Å². The van der Waals surface area contributed by atoms with Gasteiger partial charge in [0.15, 0.2) is 11.6 Å². The molecule has 0 saturated carbocycles. The molecule has 32 heavy (non-hydrogen) atoms. The highest BCUT2D eigenvalue weighted by Gasteiger charge is 2.40. The number of nitrogens with one attached hydrogen (secondary N) is 2. The first kappa shape index (κ1) is 21.0. The molecule has 0 bridgehead atoms. The zero-order valence-corrected chi connectivity index (χ0v) is 16.1. The molecule has 2 N–H and O–H groups in total. The van der Waals surface area contributed by atoms with Gasteiger partial charge in [-0.3, -0.25) is 19.2 Å². The molecule has 4 rings (SSSR count). The number of anilines is 2. The lowest BCUT2D eigenvalue weighted by Crippen LogP contribution is -2.32. The number of hydrogen-bond acceptors (Lipinski definition) is 4. The maximum atomic E-state index is 13.2. The minimum Gasteiger partial charge on any atom is -0.321 e. The van der Waals surface area contributed by atoms with Crippen LogP contribution in [0.2, 0.25) is 0 Å². The normalized spacial score (nSPS) is 12.6. The van der Waals surface area contributed by atoms with Crippen LogP contribution in [0.4, 0.5) is 24.5 Å². The Morgan fingerprint density at radius 2 is 1.16 bits per heavy atom. The van der Waals surface area contributed by atoms with E-state index in [0.29, 0.717) is 5.56 Å². The van der Waals surface area contributed by atoms with Gasteiger partial charge in [0.05, 0.1) is 22.5 Å². The largest absolute Gasteiger partial charge is 0.471 e. The molecule has 0 radical (unpaired) electrons. The summed E-state index contributed by atoms with van der Waals surface area (Å²) >= 11 is 0. The molecule has 1 aliphatic carbocycles. The van der Waals surface area contributed by atoms with Crippen LogP contribution < -0.4 is 10.6 Å². The number of carbonyl (C=O) groups excluding carboxylic acids is 4. The number of halogens is 3. The van der Waals surface area contributed by atoms with E-state index in [9.17, 15) is 32.3 Å². The highest BCUT2D eigenvalue weighted by atomic mass is 19.4. The molecule has 0 saturated heterocycles. The molecule has 2 amide bonds. The van der Waals surface area contributed by atoms with Crippen molar-refractivity contribution in [1.29, 1.82) is 0 Å². The van der Waals surface area contributed by atoms with Gasteiger partial charge in [0, 0.05) is 16.7 Å². The van der Waals surface area contributed by atoms with E-state index < -0.39 is 35.2 Å². The second-order valence-corrected chi connectivity index (χ2v) is 6.89. The van der Waals surface area contributed by atoms with Crippen LogP contribution in [0.3, 0.4) is 0 Å². The smallest absolute Gasteiger partial charge is 0.321 e. The van der Waals surface area contributed by atoms with Crippen molar-refractivity contribution in [3.05, 3.63) is 94.5 Å². The summed E-state index contributed by atoms with van der Waals surface area (Å²) in [6.45, 7) is 0. The van der Waals surface area contributed by atoms with E-state index in [0.717, 1.165) is 6.07 Å². The first-order valence-electron chi connectivity index (χ1n) is 9.28. The standard InChI is InChI=1S/C23H13F3N2O4/c24-23(25,26)22(32)28-16-11-5-9-14-18(16)20(30)13-8-4-10-15(17(13)19(14)29)27-21(31)12-6-2-1-3-7-12/h1-11H,(H,27,31)(H,28,32). The van der Waals surface area contributed by atoms with Crippen LogP contribution in [0, 0.1) is 0 Å². The van der Waals surface area contributed by atoms with Gasteiger partial charge in [-0.05, 0) is 24.3 Å². The fourth-order valence-electron chi connectivity index (χ4n) is 3.43. The van der Waals surface area contributed by atoms with Gasteiger partial charge < -0.3 is 10.6 Å². The third-order valence-electron chi connectivity index (χ3n) is 4.86. The topological polar surface area (TPSA) is 92.3 Å². The average Bonchev–Trinajstić information content (AvgIpc) is 2.77. The number of fused-ring (bicyclic) bond motifs is 2. The lowest BCUT2D eigenvalue weighted by molar-refractivity contribution is -0.167. The molecule has 0 atom stereocenters. The van der Waals surface area contributed by atoms with Gasteiger partial charge in [0.1, 0.15) is 0 Å². The third kappa shape index (κ3) is 3.64. The van der Waals surface area contributed by atoms with Crippen LogP contribution in [0.25, 0.3) is 0 Å². The van der Waals surface area contributed by atoms with Crippen LogP contribution in [-0.4, -0.2) is 29.6 Å². The maximum Gasteiger partial charge on any atom is 0.471 e. The number of ketones is 2. The fraction of sp³-hybridized carbons (Fsp3) is 0.0435. The van der Waals surface area contributed by atoms with Crippen LogP contribution >= 0.6 is 0 Å². The predicted molar refractivity (Wildman–Crippen MR) is 109 cm³/mol. The summed E-state index contributed by atoms with van der Waals surface area (Å²) in [5.74, 6) is -4.18. The SMILES string of the molecule is O=C(Nc1cccc2c1C(=O)c1cccc(NC(=O)C(F)(F)F)c1C2=O)c1ccccc1. The van der Waals surface area contributed by atoms with Gasteiger partial charge in [-0.25, -0.2) is 0 Å². The van der Waals surface area contributed by atoms with E-state index in [1.54, 1.807) is 35.6 Å². The number of amides is 2. The fourth-order valence-corrected chi connectivity index (χ4v) is 3.43. The molecule has 0 heterocycles. The molecule has 1 aliphatic rings. The Kier molecular flexibility index (Phi) is 5.09. The second kappa shape index (κ2) is 7.77. The minimum absolute atomic E-state index is 0.0754. The summed E-state index contributed by atoms with van der Waals surface area (Å²) in [6, 6.07) is 16.1. The van der Waals surface area contributed by atoms with E-state index in [4.69, 9.17) is 0 Å². The molecule has 6 nitrogen and oxygen atoms in total. The van der Waals surface area contributed by atoms with Crippen molar-refractivity contribution in [3.63, 3.8) is 0 Å². The molecule has 3 aromatic carbocycles. The number of hydrogen-bond donors (Lipinski definition) is 2. The molecule has 0 aromatic heterocycles. The van der Waals surface area contributed by atoms with Gasteiger partial charge >= 0.3 is 12.1 Å². The lowest BCUT2D eigenvalue weighted by atomic mass is 9.82. The molecule has 0 aliphatic heterocycles. The lowest BCUT2D eigenvalue weighted by Gasteiger charge is -2.22. The van der Waals surface area contributed by atoms with Crippen LogP contribution in [0.5, 0.6) is 0 Å². The summed E-state index contributed by atoms with van der Waals surface area (Å²) in [5.41, 5.74) is -0.691. The molecule has 0 unspecified atom stereocenters. The Labute approximate surface area is 179 Å². The van der Waals surface area contributed by atoms with Crippen molar-refractivity contribution in [3.8, 4) is 0 Å². The Morgan fingerprint density at radius 1 is 0.656 bits per heavy atom. The monoisotopic (exact) mass is 438 g/mol. The van der Waals surface area contributed by atoms with E-state index in [-0.39, 0.29) is 27.9 Å². The first-order chi connectivity index (χ1) is 15.2. The van der Waals surface area contributed by atoms with Gasteiger partial charge in [-0.15, -0.1) is 0 Å². The molecule has 0 spiro atoms. The number of alkyl halides is 3. The second-order valence-electron chi connectivity index (χ2n) is 6.89. The van der Waals surface area contributed by atoms with Gasteiger partial charge in [-0.2, -0.15) is 13.2 Å². The first-order valence-corrected chi connectivity index (χ1v) is 9.28. The average molecular weight is 438 g/mol. The van der Waals surface area contributed by atoms with E-state index in [2.05, 4.69) is 5.32 Å². The van der Waals surface area contributed by atoms with Gasteiger partial charge in [-0.1, -0.05) is 42.5 Å². The Bertz CT molecular complexity index is 1280. The van der Waals surface area contributed by atoms with Gasteiger partial charge in [0.25, 0.3) is 5.91 Å². The predicted octanol–water partition coefficient (Wildman–Crippen LogP) is 4.22. The maximum absolute atomic E-state index is 13.2. The Morgan fingerprint density at radius 3 is 1.66 bits per heavy atom. The Balaban J connectivity index is 1.75. The molecular formula is C23H13F3N2O4. The quantitative estimate of drug-likeness (QED) is 0.501. The van der Waals surface area contributed by atoms with Crippen molar-refractivity contribution in [2.24, 2.45) is 0 Å². The molecule has 160 valence electrons. The molecule has 3 aromatic rings. The van der Waals surface area contributed by atoms with E-state index in [1.807, 2.05) is 0 Å². The number of benzene rings is 3. The van der Waals surface area contributed by atoms with Crippen LogP contribution in [-0.2, 0) is 4.79 Å². The molecule has 0 fully saturated rings. The summed E-state index contributed by atoms with van der Waals surface area (Å²) in [6.07, 6.45) is -5.17. The zero-order chi connectivity index (χ0) is 23.0. The Hall–Kier alpha value is -4.27. The third-order valence-corrected chi connectivity index (χ3v) is 4.86. The van der Waals surface area contributed by atoms with Crippen LogP contribution in [0.1, 0.15) is 42.2 Å². The minimum atomic E-state index is -5.17. The summed E-state index contributed by atoms with van der Waals surface area (Å²) in [4.78, 5) is 50.2. The van der Waals surface area contributed by atoms with Crippen molar-refractivity contribution in [2.75, 3.05) is 10.6 Å². The summed E-state index contributed by atoms with van der Waals surface area (Å²) in [7, 11) is 0.